The molecule has 0 saturated carbocycles. The molecule has 1 nitrogen and oxygen atoms in total. The number of anilines is 3. The van der Waals surface area contributed by atoms with Crippen molar-refractivity contribution < 1.29 is 26.3 Å². The third-order valence-electron chi connectivity index (χ3n) is 7.71. The van der Waals surface area contributed by atoms with E-state index in [0.717, 1.165) is 52.0 Å². The lowest BCUT2D eigenvalue weighted by atomic mass is 10.1. The molecule has 7 heteroatoms. The highest BCUT2D eigenvalue weighted by Crippen LogP contribution is 2.35. The van der Waals surface area contributed by atoms with Gasteiger partial charge in [-0.3, -0.25) is 0 Å². The lowest BCUT2D eigenvalue weighted by Crippen LogP contribution is -2.09. The molecule has 49 heavy (non-hydrogen) atoms. The minimum Gasteiger partial charge on any atom is -0.311 e. The van der Waals surface area contributed by atoms with Crippen molar-refractivity contribution in [2.45, 2.75) is 0 Å². The van der Waals surface area contributed by atoms with Gasteiger partial charge in [-0.05, 0) is 89.5 Å². The highest BCUT2D eigenvalue weighted by atomic mass is 19.2. The zero-order valence-electron chi connectivity index (χ0n) is 25.8. The second-order valence-corrected chi connectivity index (χ2v) is 11.1. The predicted octanol–water partition coefficient (Wildman–Crippen LogP) is 12.5. The molecule has 0 atom stereocenters. The zero-order valence-corrected chi connectivity index (χ0v) is 25.8. The summed E-state index contributed by atoms with van der Waals surface area (Å²) in [7, 11) is 0. The Morgan fingerprint density at radius 2 is 0.571 bits per heavy atom. The molecule has 0 aliphatic heterocycles. The van der Waals surface area contributed by atoms with Gasteiger partial charge in [0.15, 0.2) is 0 Å². The first-order valence-electron chi connectivity index (χ1n) is 15.2. The van der Waals surface area contributed by atoms with E-state index >= 15 is 0 Å². The molecule has 0 heterocycles. The van der Waals surface area contributed by atoms with Crippen molar-refractivity contribution in [1.29, 1.82) is 0 Å². The van der Waals surface area contributed by atoms with Gasteiger partial charge < -0.3 is 4.90 Å². The molecule has 0 aromatic heterocycles. The van der Waals surface area contributed by atoms with Crippen molar-refractivity contribution in [3.8, 4) is 0 Å². The molecule has 0 bridgehead atoms. The van der Waals surface area contributed by atoms with E-state index in [0.29, 0.717) is 0 Å². The van der Waals surface area contributed by atoms with E-state index in [1.54, 1.807) is 36.5 Å². The Morgan fingerprint density at radius 1 is 0.306 bits per heavy atom. The summed E-state index contributed by atoms with van der Waals surface area (Å²) in [6, 6.07) is 33.0. The number of nitrogens with zero attached hydrogens (tertiary/aromatic N) is 1. The molecular formula is C42H27F6N. The average Bonchev–Trinajstić information content (AvgIpc) is 3.09. The summed E-state index contributed by atoms with van der Waals surface area (Å²) in [6.07, 6.45) is 9.95. The van der Waals surface area contributed by atoms with Gasteiger partial charge in [-0.1, -0.05) is 72.9 Å². The Bertz CT molecular complexity index is 1920. The van der Waals surface area contributed by atoms with Gasteiger partial charge in [0.05, 0.1) is 0 Å². The second-order valence-electron chi connectivity index (χ2n) is 11.1. The van der Waals surface area contributed by atoms with Crippen LogP contribution in [0.1, 0.15) is 33.4 Å². The lowest BCUT2D eigenvalue weighted by Gasteiger charge is -2.26. The van der Waals surface area contributed by atoms with Crippen LogP contribution in [0, 0.1) is 34.9 Å². The molecule has 6 aromatic rings. The first-order chi connectivity index (χ1) is 23.7. The van der Waals surface area contributed by atoms with Gasteiger partial charge >= 0.3 is 0 Å². The van der Waals surface area contributed by atoms with Crippen LogP contribution in [0.15, 0.2) is 127 Å². The minimum absolute atomic E-state index is 0.264. The quantitative estimate of drug-likeness (QED) is 0.110. The third-order valence-corrected chi connectivity index (χ3v) is 7.71. The second kappa shape index (κ2) is 14.8. The summed E-state index contributed by atoms with van der Waals surface area (Å²) in [5.41, 5.74) is 5.65. The van der Waals surface area contributed by atoms with E-state index < -0.39 is 34.9 Å². The zero-order chi connectivity index (χ0) is 34.3. The van der Waals surface area contributed by atoms with Crippen molar-refractivity contribution in [2.75, 3.05) is 4.90 Å². The highest BCUT2D eigenvalue weighted by molar-refractivity contribution is 5.80. The van der Waals surface area contributed by atoms with Crippen LogP contribution in [-0.2, 0) is 0 Å². The number of halogens is 6. The molecular weight excluding hydrogens is 632 g/mol. The van der Waals surface area contributed by atoms with Crippen LogP contribution in [0.3, 0.4) is 0 Å². The van der Waals surface area contributed by atoms with Gasteiger partial charge in [0.1, 0.15) is 34.9 Å². The van der Waals surface area contributed by atoms with E-state index in [4.69, 9.17) is 0 Å². The maximum Gasteiger partial charge on any atom is 0.133 e. The minimum atomic E-state index is -0.652. The first-order valence-corrected chi connectivity index (χ1v) is 15.2. The van der Waals surface area contributed by atoms with Crippen LogP contribution in [0.4, 0.5) is 43.4 Å². The standard InChI is InChI=1S/C42H27F6N/c43-34-16-13-31(40(46)25-34)10-1-28-4-19-37(20-5-28)49(38-21-6-29(7-22-38)2-11-32-14-17-35(44)26-41(32)47)39-23-8-30(9-24-39)3-12-33-15-18-36(45)27-42(33)48/h1-27H. The third kappa shape index (κ3) is 8.26. The lowest BCUT2D eigenvalue weighted by molar-refractivity contribution is 0.581. The fraction of sp³-hybridized carbons (Fsp3) is 0. The van der Waals surface area contributed by atoms with E-state index in [-0.39, 0.29) is 16.7 Å². The smallest absolute Gasteiger partial charge is 0.133 e. The molecule has 0 aliphatic rings. The van der Waals surface area contributed by atoms with Crippen molar-refractivity contribution in [2.24, 2.45) is 0 Å². The van der Waals surface area contributed by atoms with Gasteiger partial charge in [0, 0.05) is 52.0 Å². The van der Waals surface area contributed by atoms with Gasteiger partial charge in [0.2, 0.25) is 0 Å². The number of benzene rings is 6. The summed E-state index contributed by atoms with van der Waals surface area (Å²) in [5, 5.41) is 0. The van der Waals surface area contributed by atoms with Crippen molar-refractivity contribution in [3.05, 3.63) is 196 Å². The topological polar surface area (TPSA) is 3.24 Å². The maximum absolute atomic E-state index is 14.1. The Labute approximate surface area is 280 Å². The molecule has 0 spiro atoms. The fourth-order valence-corrected chi connectivity index (χ4v) is 5.12. The van der Waals surface area contributed by atoms with E-state index in [1.807, 2.05) is 77.7 Å². The summed E-state index contributed by atoms with van der Waals surface area (Å²) >= 11 is 0. The van der Waals surface area contributed by atoms with E-state index in [2.05, 4.69) is 0 Å². The van der Waals surface area contributed by atoms with Gasteiger partial charge in [-0.15, -0.1) is 0 Å². The van der Waals surface area contributed by atoms with E-state index in [9.17, 15) is 26.3 Å². The molecule has 242 valence electrons. The molecule has 0 aliphatic carbocycles. The molecule has 0 saturated heterocycles. The Balaban J connectivity index is 1.29. The molecule has 0 amide bonds. The molecule has 0 radical (unpaired) electrons. The van der Waals surface area contributed by atoms with Crippen LogP contribution in [0.25, 0.3) is 36.5 Å². The monoisotopic (exact) mass is 659 g/mol. The highest BCUT2D eigenvalue weighted by Gasteiger charge is 2.13. The van der Waals surface area contributed by atoms with Crippen LogP contribution < -0.4 is 4.90 Å². The Hall–Kier alpha value is -6.08. The number of rotatable bonds is 9. The number of hydrogen-bond acceptors (Lipinski definition) is 1. The Kier molecular flexibility index (Phi) is 9.91. The van der Waals surface area contributed by atoms with E-state index in [1.165, 1.54) is 36.4 Å². The summed E-state index contributed by atoms with van der Waals surface area (Å²) < 4.78 is 82.3. The summed E-state index contributed by atoms with van der Waals surface area (Å²) in [6.45, 7) is 0. The fourth-order valence-electron chi connectivity index (χ4n) is 5.12. The van der Waals surface area contributed by atoms with Crippen molar-refractivity contribution in [1.82, 2.24) is 0 Å². The van der Waals surface area contributed by atoms with Crippen LogP contribution in [0.2, 0.25) is 0 Å². The first kappa shape index (κ1) is 32.8. The average molecular weight is 660 g/mol. The molecule has 0 fully saturated rings. The number of hydrogen-bond donors (Lipinski definition) is 0. The molecule has 0 unspecified atom stereocenters. The van der Waals surface area contributed by atoms with Crippen molar-refractivity contribution in [3.63, 3.8) is 0 Å². The SMILES string of the molecule is Fc1ccc(C=Cc2ccc(N(c3ccc(C=Cc4ccc(F)cc4F)cc3)c3ccc(C=Cc4ccc(F)cc4F)cc3)cc2)c(F)c1. The molecule has 6 aromatic carbocycles. The van der Waals surface area contributed by atoms with Crippen LogP contribution in [-0.4, -0.2) is 0 Å². The normalized spacial score (nSPS) is 11.6. The van der Waals surface area contributed by atoms with Gasteiger partial charge in [0.25, 0.3) is 0 Å². The van der Waals surface area contributed by atoms with Crippen LogP contribution in [0.5, 0.6) is 0 Å². The molecule has 0 N–H and O–H groups in total. The van der Waals surface area contributed by atoms with Crippen LogP contribution >= 0.6 is 0 Å². The largest absolute Gasteiger partial charge is 0.311 e. The van der Waals surface area contributed by atoms with Crippen molar-refractivity contribution >= 4 is 53.5 Å². The maximum atomic E-state index is 14.1. The summed E-state index contributed by atoms with van der Waals surface area (Å²) in [4.78, 5) is 2.02. The van der Waals surface area contributed by atoms with Gasteiger partial charge in [-0.25, -0.2) is 26.3 Å². The summed E-state index contributed by atoms with van der Waals surface area (Å²) in [5.74, 6) is -3.88. The molecule has 6 rings (SSSR count). The Morgan fingerprint density at radius 3 is 0.816 bits per heavy atom. The van der Waals surface area contributed by atoms with Gasteiger partial charge in [-0.2, -0.15) is 0 Å². The predicted molar refractivity (Wildman–Crippen MR) is 187 cm³/mol.